The summed E-state index contributed by atoms with van der Waals surface area (Å²) in [5.74, 6) is 0. The average Bonchev–Trinajstić information content (AvgIpc) is 2.39. The van der Waals surface area contributed by atoms with E-state index in [1.165, 1.54) is 11.1 Å². The number of rotatable bonds is 9. The van der Waals surface area contributed by atoms with Crippen LogP contribution in [0, 0.1) is 0 Å². The molecular weight excluding hydrogens is 304 g/mol. The fraction of sp³-hybridized carbons (Fsp3) is 0.467. The topological polar surface area (TPSA) is 35.5 Å². The molecule has 1 rings (SSSR count). The molecule has 0 fully saturated rings. The Balaban J connectivity index is 2.69. The highest BCUT2D eigenvalue weighted by molar-refractivity contribution is 9.10. The van der Waals surface area contributed by atoms with Crippen LogP contribution in [0.25, 0.3) is 0 Å². The van der Waals surface area contributed by atoms with Crippen molar-refractivity contribution in [3.63, 3.8) is 0 Å². The van der Waals surface area contributed by atoms with Gasteiger partial charge in [-0.05, 0) is 23.7 Å². The fourth-order valence-electron chi connectivity index (χ4n) is 1.90. The van der Waals surface area contributed by atoms with Crippen molar-refractivity contribution in [3.8, 4) is 0 Å². The zero-order valence-corrected chi connectivity index (χ0v) is 13.1. The first-order valence-electron chi connectivity index (χ1n) is 6.63. The molecule has 0 aliphatic heterocycles. The van der Waals surface area contributed by atoms with Gasteiger partial charge in [-0.2, -0.15) is 0 Å². The predicted octanol–water partition coefficient (Wildman–Crippen LogP) is 2.54. The Labute approximate surface area is 124 Å². The second kappa shape index (κ2) is 9.26. The number of hydrogen-bond donors (Lipinski definition) is 2. The lowest BCUT2D eigenvalue weighted by Crippen LogP contribution is -2.26. The van der Waals surface area contributed by atoms with Crippen LogP contribution in [-0.2, 0) is 13.1 Å². The minimum absolute atomic E-state index is 0.171. The molecule has 0 bridgehead atoms. The maximum atomic E-state index is 9.06. The zero-order chi connectivity index (χ0) is 14.1. The molecule has 0 amide bonds. The molecule has 0 heterocycles. The van der Waals surface area contributed by atoms with E-state index in [1.807, 2.05) is 6.08 Å². The fourth-order valence-corrected chi connectivity index (χ4v) is 2.45. The van der Waals surface area contributed by atoms with Gasteiger partial charge in [-0.3, -0.25) is 4.90 Å². The molecule has 0 aliphatic carbocycles. The Morgan fingerprint density at radius 2 is 2.26 bits per heavy atom. The molecule has 0 aliphatic rings. The summed E-state index contributed by atoms with van der Waals surface area (Å²) in [6.07, 6.45) is 1.86. The molecule has 0 saturated carbocycles. The van der Waals surface area contributed by atoms with Crippen molar-refractivity contribution in [1.29, 1.82) is 0 Å². The summed E-state index contributed by atoms with van der Waals surface area (Å²) in [5.41, 5.74) is 2.51. The van der Waals surface area contributed by atoms with Crippen molar-refractivity contribution >= 4 is 15.9 Å². The summed E-state index contributed by atoms with van der Waals surface area (Å²) >= 11 is 3.63. The molecule has 0 spiro atoms. The van der Waals surface area contributed by atoms with Crippen LogP contribution in [0.1, 0.15) is 18.1 Å². The molecule has 3 nitrogen and oxygen atoms in total. The summed E-state index contributed by atoms with van der Waals surface area (Å²) in [5, 5.41) is 12.4. The molecule has 1 aromatic rings. The normalized spacial score (nSPS) is 10.9. The molecule has 0 unspecified atom stereocenters. The van der Waals surface area contributed by atoms with E-state index in [9.17, 15) is 0 Å². The first-order valence-corrected chi connectivity index (χ1v) is 7.42. The second-order valence-electron chi connectivity index (χ2n) is 4.45. The highest BCUT2D eigenvalue weighted by atomic mass is 79.9. The smallest absolute Gasteiger partial charge is 0.0558 e. The second-order valence-corrected chi connectivity index (χ2v) is 5.31. The van der Waals surface area contributed by atoms with Gasteiger partial charge >= 0.3 is 0 Å². The van der Waals surface area contributed by atoms with Crippen LogP contribution in [0.4, 0.5) is 0 Å². The zero-order valence-electron chi connectivity index (χ0n) is 11.5. The number of halogens is 1. The van der Waals surface area contributed by atoms with E-state index in [1.54, 1.807) is 0 Å². The molecule has 0 atom stereocenters. The van der Waals surface area contributed by atoms with E-state index in [2.05, 4.69) is 57.8 Å². The minimum Gasteiger partial charge on any atom is -0.395 e. The predicted molar refractivity (Wildman–Crippen MR) is 84.1 cm³/mol. The maximum Gasteiger partial charge on any atom is 0.0558 e. The van der Waals surface area contributed by atoms with E-state index >= 15 is 0 Å². The van der Waals surface area contributed by atoms with E-state index in [4.69, 9.17) is 5.11 Å². The van der Waals surface area contributed by atoms with Crippen molar-refractivity contribution in [1.82, 2.24) is 10.2 Å². The molecule has 19 heavy (non-hydrogen) atoms. The average molecular weight is 327 g/mol. The monoisotopic (exact) mass is 326 g/mol. The molecule has 0 aromatic heterocycles. The SMILES string of the molecule is C=CCN(CCO)Cc1ccc(CNCC)cc1Br. The molecule has 1 aromatic carbocycles. The Bertz CT molecular complexity index is 396. The first-order chi connectivity index (χ1) is 9.21. The summed E-state index contributed by atoms with van der Waals surface area (Å²) in [6, 6.07) is 6.45. The van der Waals surface area contributed by atoms with E-state index < -0.39 is 0 Å². The minimum atomic E-state index is 0.171. The number of aliphatic hydroxyl groups excluding tert-OH is 1. The van der Waals surface area contributed by atoms with Crippen LogP contribution in [-0.4, -0.2) is 36.2 Å². The number of hydrogen-bond acceptors (Lipinski definition) is 3. The van der Waals surface area contributed by atoms with Gasteiger partial charge in [-0.25, -0.2) is 0 Å². The highest BCUT2D eigenvalue weighted by Gasteiger charge is 2.07. The molecule has 4 heteroatoms. The van der Waals surface area contributed by atoms with Crippen LogP contribution in [0.5, 0.6) is 0 Å². The highest BCUT2D eigenvalue weighted by Crippen LogP contribution is 2.20. The van der Waals surface area contributed by atoms with E-state index in [0.29, 0.717) is 6.54 Å². The number of nitrogens with zero attached hydrogens (tertiary/aromatic N) is 1. The molecule has 2 N–H and O–H groups in total. The van der Waals surface area contributed by atoms with E-state index in [-0.39, 0.29) is 6.61 Å². The third-order valence-electron chi connectivity index (χ3n) is 2.89. The molecule has 0 saturated heterocycles. The lowest BCUT2D eigenvalue weighted by atomic mass is 10.1. The maximum absolute atomic E-state index is 9.06. The third-order valence-corrected chi connectivity index (χ3v) is 3.63. The van der Waals surface area contributed by atoms with Crippen molar-refractivity contribution in [2.24, 2.45) is 0 Å². The number of nitrogens with one attached hydrogen (secondary N) is 1. The van der Waals surface area contributed by atoms with Gasteiger partial charge in [0.15, 0.2) is 0 Å². The quantitative estimate of drug-likeness (QED) is 0.684. The van der Waals surface area contributed by atoms with Gasteiger partial charge in [0, 0.05) is 30.7 Å². The largest absolute Gasteiger partial charge is 0.395 e. The molecule has 0 radical (unpaired) electrons. The summed E-state index contributed by atoms with van der Waals surface area (Å²) in [4.78, 5) is 2.16. The summed E-state index contributed by atoms with van der Waals surface area (Å²) < 4.78 is 1.12. The lowest BCUT2D eigenvalue weighted by Gasteiger charge is -2.20. The van der Waals surface area contributed by atoms with Crippen LogP contribution in [0.2, 0.25) is 0 Å². The van der Waals surface area contributed by atoms with Gasteiger partial charge < -0.3 is 10.4 Å². The Kier molecular flexibility index (Phi) is 7.98. The molecule has 106 valence electrons. The summed E-state index contributed by atoms with van der Waals surface area (Å²) in [7, 11) is 0. The standard InChI is InChI=1S/C15H23BrN2O/c1-3-7-18(8-9-19)12-14-6-5-13(10-15(14)16)11-17-4-2/h3,5-6,10,17,19H,1,4,7-9,11-12H2,2H3. The Morgan fingerprint density at radius 1 is 1.47 bits per heavy atom. The Morgan fingerprint density at radius 3 is 2.84 bits per heavy atom. The van der Waals surface area contributed by atoms with Gasteiger partial charge in [0.1, 0.15) is 0 Å². The van der Waals surface area contributed by atoms with Crippen LogP contribution < -0.4 is 5.32 Å². The van der Waals surface area contributed by atoms with Crippen molar-refractivity contribution < 1.29 is 5.11 Å². The first kappa shape index (κ1) is 16.4. The summed E-state index contributed by atoms with van der Waals surface area (Å²) in [6.45, 7) is 10.2. The van der Waals surface area contributed by atoms with Gasteiger partial charge in [0.2, 0.25) is 0 Å². The van der Waals surface area contributed by atoms with Gasteiger partial charge in [0.05, 0.1) is 6.61 Å². The van der Waals surface area contributed by atoms with Crippen molar-refractivity contribution in [3.05, 3.63) is 46.5 Å². The Hall–Kier alpha value is -0.680. The van der Waals surface area contributed by atoms with Crippen LogP contribution in [0.3, 0.4) is 0 Å². The lowest BCUT2D eigenvalue weighted by molar-refractivity contribution is 0.203. The van der Waals surface area contributed by atoms with Crippen molar-refractivity contribution in [2.45, 2.75) is 20.0 Å². The third kappa shape index (κ3) is 5.87. The van der Waals surface area contributed by atoms with Crippen LogP contribution in [0.15, 0.2) is 35.3 Å². The molecular formula is C15H23BrN2O. The van der Waals surface area contributed by atoms with Crippen LogP contribution >= 0.6 is 15.9 Å². The van der Waals surface area contributed by atoms with Gasteiger partial charge in [0.25, 0.3) is 0 Å². The van der Waals surface area contributed by atoms with Crippen molar-refractivity contribution in [2.75, 3.05) is 26.2 Å². The van der Waals surface area contributed by atoms with Gasteiger partial charge in [-0.1, -0.05) is 41.1 Å². The van der Waals surface area contributed by atoms with Gasteiger partial charge in [-0.15, -0.1) is 6.58 Å². The number of benzene rings is 1. The number of aliphatic hydroxyl groups is 1. The van der Waals surface area contributed by atoms with E-state index in [0.717, 1.165) is 30.7 Å².